The summed E-state index contributed by atoms with van der Waals surface area (Å²) in [6.45, 7) is 0. The first-order valence-electron chi connectivity index (χ1n) is 8.57. The second kappa shape index (κ2) is 8.48. The number of ether oxygens (including phenoxy) is 1. The molecule has 0 radical (unpaired) electrons. The van der Waals surface area contributed by atoms with E-state index in [1.807, 2.05) is 0 Å². The van der Waals surface area contributed by atoms with Crippen molar-refractivity contribution in [3.63, 3.8) is 0 Å². The van der Waals surface area contributed by atoms with Gasteiger partial charge in [0.15, 0.2) is 23.1 Å². The summed E-state index contributed by atoms with van der Waals surface area (Å²) < 4.78 is 32.1. The summed E-state index contributed by atoms with van der Waals surface area (Å²) in [7, 11) is 1.32. The van der Waals surface area contributed by atoms with Gasteiger partial charge < -0.3 is 25.6 Å². The predicted molar refractivity (Wildman–Crippen MR) is 105 cm³/mol. The molecular formula is C21H16F2N2O5. The summed E-state index contributed by atoms with van der Waals surface area (Å²) in [5, 5.41) is 24.1. The molecule has 0 saturated heterocycles. The molecule has 0 aromatic heterocycles. The first kappa shape index (κ1) is 20.6. The number of hydrogen-bond acceptors (Lipinski definition) is 5. The molecule has 4 N–H and O–H groups in total. The van der Waals surface area contributed by atoms with Crippen molar-refractivity contribution >= 4 is 23.2 Å². The fourth-order valence-corrected chi connectivity index (χ4v) is 2.64. The number of benzene rings is 3. The molecule has 9 heteroatoms. The number of amides is 2. The number of aromatic hydroxyl groups is 2. The minimum Gasteiger partial charge on any atom is -0.503 e. The first-order valence-corrected chi connectivity index (χ1v) is 8.57. The van der Waals surface area contributed by atoms with Gasteiger partial charge in [-0.2, -0.15) is 0 Å². The number of nitrogens with one attached hydrogen (secondary N) is 2. The Morgan fingerprint density at radius 2 is 1.37 bits per heavy atom. The Hall–Kier alpha value is -4.14. The molecule has 0 heterocycles. The van der Waals surface area contributed by atoms with E-state index in [2.05, 4.69) is 10.6 Å². The van der Waals surface area contributed by atoms with Gasteiger partial charge in [-0.05, 0) is 42.5 Å². The number of carbonyl (C=O) groups is 2. The SMILES string of the molecule is COc1ccc(C(=O)Nc2cccc(F)c2O)cc1C(=O)Nc1cccc(F)c1O. The van der Waals surface area contributed by atoms with Crippen molar-refractivity contribution in [3.05, 3.63) is 77.4 Å². The molecule has 0 aliphatic carbocycles. The number of anilines is 2. The van der Waals surface area contributed by atoms with Crippen LogP contribution in [0.5, 0.6) is 17.2 Å². The van der Waals surface area contributed by atoms with Crippen molar-refractivity contribution in [1.82, 2.24) is 0 Å². The summed E-state index contributed by atoms with van der Waals surface area (Å²) in [6, 6.07) is 11.2. The van der Waals surface area contributed by atoms with Crippen LogP contribution in [0, 0.1) is 11.6 Å². The van der Waals surface area contributed by atoms with Crippen LogP contribution in [0.4, 0.5) is 20.2 Å². The number of carbonyl (C=O) groups excluding carboxylic acids is 2. The smallest absolute Gasteiger partial charge is 0.259 e. The first-order chi connectivity index (χ1) is 14.3. The number of hydrogen-bond donors (Lipinski definition) is 4. The number of para-hydroxylation sites is 2. The third kappa shape index (κ3) is 4.14. The van der Waals surface area contributed by atoms with Crippen LogP contribution in [0.25, 0.3) is 0 Å². The van der Waals surface area contributed by atoms with Gasteiger partial charge in [-0.1, -0.05) is 12.1 Å². The molecule has 0 fully saturated rings. The highest BCUT2D eigenvalue weighted by Gasteiger charge is 2.19. The molecule has 30 heavy (non-hydrogen) atoms. The molecule has 0 aliphatic heterocycles. The summed E-state index contributed by atoms with van der Waals surface area (Å²) in [6.07, 6.45) is 0. The van der Waals surface area contributed by atoms with Crippen molar-refractivity contribution in [3.8, 4) is 17.2 Å². The van der Waals surface area contributed by atoms with Gasteiger partial charge in [0.25, 0.3) is 11.8 Å². The van der Waals surface area contributed by atoms with Crippen LogP contribution in [0.3, 0.4) is 0 Å². The molecule has 154 valence electrons. The number of phenols is 2. The molecule has 3 aromatic rings. The maximum Gasteiger partial charge on any atom is 0.259 e. The number of phenolic OH excluding ortho intramolecular Hbond substituents is 2. The number of halogens is 2. The van der Waals surface area contributed by atoms with Crippen molar-refractivity contribution < 1.29 is 33.3 Å². The van der Waals surface area contributed by atoms with Gasteiger partial charge in [-0.15, -0.1) is 0 Å². The van der Waals surface area contributed by atoms with Crippen molar-refractivity contribution in [1.29, 1.82) is 0 Å². The fraction of sp³-hybridized carbons (Fsp3) is 0.0476. The lowest BCUT2D eigenvalue weighted by molar-refractivity contribution is 0.102. The molecule has 3 aromatic carbocycles. The van der Waals surface area contributed by atoms with E-state index in [1.165, 1.54) is 49.6 Å². The highest BCUT2D eigenvalue weighted by Crippen LogP contribution is 2.29. The lowest BCUT2D eigenvalue weighted by Gasteiger charge is -2.13. The van der Waals surface area contributed by atoms with Crippen molar-refractivity contribution in [2.24, 2.45) is 0 Å². The minimum atomic E-state index is -0.914. The van der Waals surface area contributed by atoms with Crippen LogP contribution < -0.4 is 15.4 Å². The fourth-order valence-electron chi connectivity index (χ4n) is 2.64. The average molecular weight is 414 g/mol. The van der Waals surface area contributed by atoms with Crippen LogP contribution >= 0.6 is 0 Å². The number of rotatable bonds is 5. The van der Waals surface area contributed by atoms with Gasteiger partial charge in [-0.25, -0.2) is 8.78 Å². The van der Waals surface area contributed by atoms with E-state index < -0.39 is 34.9 Å². The van der Waals surface area contributed by atoms with Crippen LogP contribution in [0.2, 0.25) is 0 Å². The maximum atomic E-state index is 13.5. The van der Waals surface area contributed by atoms with E-state index in [4.69, 9.17) is 4.74 Å². The molecule has 2 amide bonds. The molecule has 0 atom stereocenters. The molecule has 3 rings (SSSR count). The summed E-state index contributed by atoms with van der Waals surface area (Å²) in [5.74, 6) is -4.65. The van der Waals surface area contributed by atoms with E-state index in [0.29, 0.717) is 0 Å². The van der Waals surface area contributed by atoms with Crippen LogP contribution in [-0.4, -0.2) is 29.1 Å². The molecule has 0 bridgehead atoms. The molecule has 0 unspecified atom stereocenters. The predicted octanol–water partition coefficient (Wildman–Crippen LogP) is 3.89. The molecule has 0 aliphatic rings. The monoisotopic (exact) mass is 414 g/mol. The summed E-state index contributed by atoms with van der Waals surface area (Å²) in [5.41, 5.74) is -0.376. The molecule has 7 nitrogen and oxygen atoms in total. The Labute approximate surface area is 169 Å². The van der Waals surface area contributed by atoms with Crippen LogP contribution in [0.15, 0.2) is 54.6 Å². The highest BCUT2D eigenvalue weighted by atomic mass is 19.1. The minimum absolute atomic E-state index is 0.00748. The van der Waals surface area contributed by atoms with Gasteiger partial charge in [0.05, 0.1) is 24.0 Å². The highest BCUT2D eigenvalue weighted by molar-refractivity contribution is 6.10. The summed E-state index contributed by atoms with van der Waals surface area (Å²) in [4.78, 5) is 25.1. The third-order valence-electron chi connectivity index (χ3n) is 4.18. The Morgan fingerprint density at radius 3 is 1.90 bits per heavy atom. The zero-order valence-corrected chi connectivity index (χ0v) is 15.6. The zero-order chi connectivity index (χ0) is 21.8. The van der Waals surface area contributed by atoms with E-state index in [-0.39, 0.29) is 28.3 Å². The van der Waals surface area contributed by atoms with Gasteiger partial charge in [-0.3, -0.25) is 9.59 Å². The van der Waals surface area contributed by atoms with Gasteiger partial charge in [0.1, 0.15) is 5.75 Å². The standard InChI is InChI=1S/C21H16F2N2O5/c1-30-17-9-8-11(20(28)24-15-6-2-4-13(22)18(15)26)10-12(17)21(29)25-16-7-3-5-14(23)19(16)27/h2-10,26-27H,1H3,(H,24,28)(H,25,29). The molecular weight excluding hydrogens is 398 g/mol. The quantitative estimate of drug-likeness (QED) is 0.474. The molecule has 0 spiro atoms. The van der Waals surface area contributed by atoms with Crippen LogP contribution in [-0.2, 0) is 0 Å². The Bertz CT molecular complexity index is 1130. The Morgan fingerprint density at radius 1 is 0.833 bits per heavy atom. The zero-order valence-electron chi connectivity index (χ0n) is 15.6. The molecule has 0 saturated carbocycles. The van der Waals surface area contributed by atoms with Crippen molar-refractivity contribution in [2.45, 2.75) is 0 Å². The second-order valence-corrected chi connectivity index (χ2v) is 6.10. The maximum absolute atomic E-state index is 13.5. The van der Waals surface area contributed by atoms with Gasteiger partial charge in [0.2, 0.25) is 0 Å². The topological polar surface area (TPSA) is 108 Å². The van der Waals surface area contributed by atoms with Crippen LogP contribution in [0.1, 0.15) is 20.7 Å². The van der Waals surface area contributed by atoms with Gasteiger partial charge in [0, 0.05) is 5.56 Å². The second-order valence-electron chi connectivity index (χ2n) is 6.10. The Balaban J connectivity index is 1.89. The van der Waals surface area contributed by atoms with Gasteiger partial charge >= 0.3 is 0 Å². The Kier molecular flexibility index (Phi) is 5.82. The van der Waals surface area contributed by atoms with Crippen molar-refractivity contribution in [2.75, 3.05) is 17.7 Å². The van der Waals surface area contributed by atoms with E-state index in [1.54, 1.807) is 0 Å². The van der Waals surface area contributed by atoms with E-state index in [0.717, 1.165) is 12.1 Å². The van der Waals surface area contributed by atoms with E-state index in [9.17, 15) is 28.6 Å². The summed E-state index contributed by atoms with van der Waals surface area (Å²) >= 11 is 0. The van der Waals surface area contributed by atoms with E-state index >= 15 is 0 Å². The number of methoxy groups -OCH3 is 1. The lowest BCUT2D eigenvalue weighted by atomic mass is 10.1. The lowest BCUT2D eigenvalue weighted by Crippen LogP contribution is -2.17. The largest absolute Gasteiger partial charge is 0.503 e. The normalized spacial score (nSPS) is 10.4. The third-order valence-corrected chi connectivity index (χ3v) is 4.18. The average Bonchev–Trinajstić information content (AvgIpc) is 2.74.